The Bertz CT molecular complexity index is 761. The van der Waals surface area contributed by atoms with Gasteiger partial charge < -0.3 is 5.11 Å². The standard InChI is InChI=1S/C21H22O3/c22-20(23)9-3-1-2-6-15-10-13-19-17(14-15)12-11-16-7-4-5-8-18(16)21(19)24/h4-5,7-8,10,13-14H,1-3,6,9,11-12H2,(H,22,23). The molecule has 2 aromatic carbocycles. The summed E-state index contributed by atoms with van der Waals surface area (Å²) in [5.41, 5.74) is 5.17. The Hall–Kier alpha value is -2.42. The normalized spacial score (nSPS) is 13.1. The average Bonchev–Trinajstić information content (AvgIpc) is 2.72. The first-order valence-corrected chi connectivity index (χ1v) is 8.61. The van der Waals surface area contributed by atoms with Gasteiger partial charge >= 0.3 is 5.97 Å². The number of hydrogen-bond donors (Lipinski definition) is 1. The molecule has 1 N–H and O–H groups in total. The second-order valence-electron chi connectivity index (χ2n) is 6.43. The van der Waals surface area contributed by atoms with Crippen molar-refractivity contribution >= 4 is 11.8 Å². The number of carboxylic acids is 1. The van der Waals surface area contributed by atoms with Crippen molar-refractivity contribution < 1.29 is 14.7 Å². The molecule has 3 nitrogen and oxygen atoms in total. The van der Waals surface area contributed by atoms with Crippen molar-refractivity contribution in [3.8, 4) is 0 Å². The number of benzene rings is 2. The lowest BCUT2D eigenvalue weighted by molar-refractivity contribution is -0.137. The molecule has 3 rings (SSSR count). The van der Waals surface area contributed by atoms with Gasteiger partial charge in [0.25, 0.3) is 0 Å². The molecule has 0 aliphatic heterocycles. The molecule has 0 unspecified atom stereocenters. The van der Waals surface area contributed by atoms with Gasteiger partial charge in [-0.2, -0.15) is 0 Å². The van der Waals surface area contributed by atoms with E-state index >= 15 is 0 Å². The highest BCUT2D eigenvalue weighted by atomic mass is 16.4. The number of carbonyl (C=O) groups excluding carboxylic acids is 1. The van der Waals surface area contributed by atoms with Crippen molar-refractivity contribution in [1.29, 1.82) is 0 Å². The Kier molecular flexibility index (Phi) is 5.09. The highest BCUT2D eigenvalue weighted by molar-refractivity contribution is 6.11. The molecular weight excluding hydrogens is 300 g/mol. The summed E-state index contributed by atoms with van der Waals surface area (Å²) in [4.78, 5) is 23.3. The van der Waals surface area contributed by atoms with Crippen LogP contribution in [0.2, 0.25) is 0 Å². The van der Waals surface area contributed by atoms with Gasteiger partial charge in [0.15, 0.2) is 5.78 Å². The van der Waals surface area contributed by atoms with Crippen LogP contribution in [0.3, 0.4) is 0 Å². The maximum Gasteiger partial charge on any atom is 0.303 e. The van der Waals surface area contributed by atoms with E-state index in [1.165, 1.54) is 5.56 Å². The number of rotatable bonds is 6. The Morgan fingerprint density at radius 3 is 2.50 bits per heavy atom. The van der Waals surface area contributed by atoms with Crippen molar-refractivity contribution in [3.63, 3.8) is 0 Å². The molecule has 1 aliphatic carbocycles. The van der Waals surface area contributed by atoms with Crippen LogP contribution >= 0.6 is 0 Å². The molecule has 0 spiro atoms. The van der Waals surface area contributed by atoms with Crippen LogP contribution in [0.15, 0.2) is 42.5 Å². The summed E-state index contributed by atoms with van der Waals surface area (Å²) in [6, 6.07) is 14.0. The largest absolute Gasteiger partial charge is 0.481 e. The zero-order valence-electron chi connectivity index (χ0n) is 13.8. The zero-order chi connectivity index (χ0) is 16.9. The molecule has 24 heavy (non-hydrogen) atoms. The first-order valence-electron chi connectivity index (χ1n) is 8.61. The SMILES string of the molecule is O=C(O)CCCCCc1ccc2c(c1)CCc1ccccc1C2=O. The van der Waals surface area contributed by atoms with Gasteiger partial charge in [-0.25, -0.2) is 0 Å². The maximum absolute atomic E-state index is 12.7. The topological polar surface area (TPSA) is 54.4 Å². The maximum atomic E-state index is 12.7. The molecule has 0 bridgehead atoms. The Morgan fingerprint density at radius 2 is 1.67 bits per heavy atom. The van der Waals surface area contributed by atoms with E-state index < -0.39 is 5.97 Å². The summed E-state index contributed by atoms with van der Waals surface area (Å²) in [5.74, 6) is -0.593. The quantitative estimate of drug-likeness (QED) is 0.811. The number of aryl methyl sites for hydroxylation is 3. The smallest absolute Gasteiger partial charge is 0.303 e. The van der Waals surface area contributed by atoms with Gasteiger partial charge in [-0.05, 0) is 48.8 Å². The molecule has 0 saturated heterocycles. The summed E-state index contributed by atoms with van der Waals surface area (Å²) < 4.78 is 0. The molecule has 1 aliphatic rings. The summed E-state index contributed by atoms with van der Waals surface area (Å²) in [6.45, 7) is 0. The lowest BCUT2D eigenvalue weighted by atomic mass is 9.95. The van der Waals surface area contributed by atoms with E-state index in [1.807, 2.05) is 36.4 Å². The number of hydrogen-bond acceptors (Lipinski definition) is 2. The van der Waals surface area contributed by atoms with Crippen LogP contribution in [0.25, 0.3) is 0 Å². The van der Waals surface area contributed by atoms with E-state index in [0.29, 0.717) is 0 Å². The predicted molar refractivity (Wildman–Crippen MR) is 93.5 cm³/mol. The van der Waals surface area contributed by atoms with Crippen LogP contribution in [0.5, 0.6) is 0 Å². The molecule has 124 valence electrons. The monoisotopic (exact) mass is 322 g/mol. The molecule has 0 fully saturated rings. The van der Waals surface area contributed by atoms with Gasteiger partial charge in [0.05, 0.1) is 0 Å². The Morgan fingerprint density at radius 1 is 0.917 bits per heavy atom. The third kappa shape index (κ3) is 3.73. The molecule has 3 heteroatoms. The summed E-state index contributed by atoms with van der Waals surface area (Å²) >= 11 is 0. The van der Waals surface area contributed by atoms with Crippen LogP contribution < -0.4 is 0 Å². The second kappa shape index (κ2) is 7.43. The van der Waals surface area contributed by atoms with E-state index in [0.717, 1.165) is 60.8 Å². The zero-order valence-corrected chi connectivity index (χ0v) is 13.8. The van der Waals surface area contributed by atoms with Crippen molar-refractivity contribution in [2.75, 3.05) is 0 Å². The average molecular weight is 322 g/mol. The lowest BCUT2D eigenvalue weighted by Crippen LogP contribution is -2.04. The molecule has 0 saturated carbocycles. The third-order valence-corrected chi connectivity index (χ3v) is 4.70. The van der Waals surface area contributed by atoms with Gasteiger partial charge in [-0.1, -0.05) is 48.9 Å². The fourth-order valence-corrected chi connectivity index (χ4v) is 3.39. The van der Waals surface area contributed by atoms with Crippen LogP contribution in [-0.2, 0) is 24.1 Å². The molecule has 0 heterocycles. The number of carbonyl (C=O) groups is 2. The number of unbranched alkanes of at least 4 members (excludes halogenated alkanes) is 2. The van der Waals surface area contributed by atoms with E-state index in [1.54, 1.807) is 0 Å². The first-order chi connectivity index (χ1) is 11.6. The number of aliphatic carboxylic acids is 1. The minimum atomic E-state index is -0.724. The van der Waals surface area contributed by atoms with Crippen molar-refractivity contribution in [2.45, 2.75) is 44.9 Å². The number of fused-ring (bicyclic) bond motifs is 2. The van der Waals surface area contributed by atoms with E-state index in [-0.39, 0.29) is 12.2 Å². The lowest BCUT2D eigenvalue weighted by Gasteiger charge is -2.08. The van der Waals surface area contributed by atoms with Crippen LogP contribution in [0.4, 0.5) is 0 Å². The van der Waals surface area contributed by atoms with Gasteiger partial charge in [0, 0.05) is 17.5 Å². The molecule has 0 amide bonds. The van der Waals surface area contributed by atoms with Crippen molar-refractivity contribution in [3.05, 3.63) is 70.3 Å². The minimum Gasteiger partial charge on any atom is -0.481 e. The van der Waals surface area contributed by atoms with Crippen molar-refractivity contribution in [1.82, 2.24) is 0 Å². The van der Waals surface area contributed by atoms with Gasteiger partial charge in [0.1, 0.15) is 0 Å². The predicted octanol–water partition coefficient (Wildman–Crippen LogP) is 4.20. The van der Waals surface area contributed by atoms with Crippen LogP contribution in [0, 0.1) is 0 Å². The molecule has 0 aromatic heterocycles. The van der Waals surface area contributed by atoms with Gasteiger partial charge in [-0.3, -0.25) is 9.59 Å². The Labute approximate surface area is 142 Å². The van der Waals surface area contributed by atoms with Gasteiger partial charge in [0.2, 0.25) is 0 Å². The molecule has 2 aromatic rings. The summed E-state index contributed by atoms with van der Waals surface area (Å²) in [7, 11) is 0. The molecule has 0 atom stereocenters. The first kappa shape index (κ1) is 16.4. The van der Waals surface area contributed by atoms with E-state index in [9.17, 15) is 9.59 Å². The van der Waals surface area contributed by atoms with Crippen LogP contribution in [-0.4, -0.2) is 16.9 Å². The summed E-state index contributed by atoms with van der Waals surface area (Å²) in [6.07, 6.45) is 5.62. The van der Waals surface area contributed by atoms with E-state index in [4.69, 9.17) is 5.11 Å². The summed E-state index contributed by atoms with van der Waals surface area (Å²) in [5, 5.41) is 8.66. The second-order valence-corrected chi connectivity index (χ2v) is 6.43. The van der Waals surface area contributed by atoms with E-state index in [2.05, 4.69) is 6.07 Å². The van der Waals surface area contributed by atoms with Crippen molar-refractivity contribution in [2.24, 2.45) is 0 Å². The van der Waals surface area contributed by atoms with Crippen LogP contribution in [0.1, 0.15) is 58.3 Å². The minimum absolute atomic E-state index is 0.131. The number of carboxylic acid groups (broad SMARTS) is 1. The fourth-order valence-electron chi connectivity index (χ4n) is 3.39. The highest BCUT2D eigenvalue weighted by Crippen LogP contribution is 2.25. The highest BCUT2D eigenvalue weighted by Gasteiger charge is 2.20. The number of ketones is 1. The van der Waals surface area contributed by atoms with Gasteiger partial charge in [-0.15, -0.1) is 0 Å². The molecular formula is C21H22O3. The third-order valence-electron chi connectivity index (χ3n) is 4.70. The fraction of sp³-hybridized carbons (Fsp3) is 0.333. The Balaban J connectivity index is 1.69. The molecule has 0 radical (unpaired) electrons.